The van der Waals surface area contributed by atoms with Crippen LogP contribution in [0.25, 0.3) is 27.5 Å². The second kappa shape index (κ2) is 10.7. The minimum Gasteiger partial charge on any atom is -0.458 e. The van der Waals surface area contributed by atoms with Crippen molar-refractivity contribution in [3.8, 4) is 28.7 Å². The first-order chi connectivity index (χ1) is 24.1. The van der Waals surface area contributed by atoms with Crippen LogP contribution in [0.1, 0.15) is 11.1 Å². The summed E-state index contributed by atoms with van der Waals surface area (Å²) in [5.74, 6) is 3.61. The number of rotatable bonds is 4. The number of aromatic nitrogens is 1. The third-order valence-corrected chi connectivity index (χ3v) is 10.1. The van der Waals surface area contributed by atoms with Crippen molar-refractivity contribution in [1.82, 2.24) is 4.57 Å². The lowest BCUT2D eigenvalue weighted by Crippen LogP contribution is -2.57. The van der Waals surface area contributed by atoms with Crippen molar-refractivity contribution in [3.05, 3.63) is 163 Å². The summed E-state index contributed by atoms with van der Waals surface area (Å²) < 4.78 is 15.9. The number of benzene rings is 7. The van der Waals surface area contributed by atoms with Crippen molar-refractivity contribution in [3.63, 3.8) is 0 Å². The molecule has 7 aromatic carbocycles. The van der Waals surface area contributed by atoms with Crippen LogP contribution in [0.4, 0.5) is 17.1 Å². The highest BCUT2D eigenvalue weighted by molar-refractivity contribution is 6.98. The zero-order valence-corrected chi connectivity index (χ0v) is 27.2. The number of para-hydroxylation sites is 4. The molecule has 2 aliphatic rings. The first-order valence-electron chi connectivity index (χ1n) is 16.8. The van der Waals surface area contributed by atoms with Gasteiger partial charge in [-0.15, -0.1) is 0 Å². The Balaban J connectivity index is 1.26. The van der Waals surface area contributed by atoms with Gasteiger partial charge in [0.25, 0.3) is 6.71 Å². The summed E-state index contributed by atoms with van der Waals surface area (Å²) in [6.45, 7) is 4.26. The Morgan fingerprint density at radius 1 is 0.490 bits per heavy atom. The third kappa shape index (κ3) is 4.19. The summed E-state index contributed by atoms with van der Waals surface area (Å²) in [5.41, 5.74) is 12.4. The van der Waals surface area contributed by atoms with E-state index in [1.165, 1.54) is 5.39 Å². The Kier molecular flexibility index (Phi) is 6.06. The number of nitrogens with zero attached hydrogens (tertiary/aromatic N) is 2. The van der Waals surface area contributed by atoms with Crippen LogP contribution in [-0.2, 0) is 0 Å². The van der Waals surface area contributed by atoms with Gasteiger partial charge in [0.15, 0.2) is 0 Å². The molecular formula is C44H31BN2O2. The van der Waals surface area contributed by atoms with Crippen LogP contribution < -0.4 is 30.8 Å². The smallest absolute Gasteiger partial charge is 0.260 e. The Bertz CT molecular complexity index is 2540. The zero-order chi connectivity index (χ0) is 32.6. The molecule has 4 nitrogen and oxygen atoms in total. The van der Waals surface area contributed by atoms with E-state index < -0.39 is 0 Å². The van der Waals surface area contributed by atoms with Gasteiger partial charge in [-0.25, -0.2) is 0 Å². The monoisotopic (exact) mass is 630 g/mol. The van der Waals surface area contributed by atoms with E-state index in [4.69, 9.17) is 9.47 Å². The van der Waals surface area contributed by atoms with Gasteiger partial charge in [-0.1, -0.05) is 78.9 Å². The fourth-order valence-corrected chi connectivity index (χ4v) is 7.98. The van der Waals surface area contributed by atoms with Crippen LogP contribution in [0.3, 0.4) is 0 Å². The van der Waals surface area contributed by atoms with Gasteiger partial charge in [0.1, 0.15) is 23.0 Å². The molecule has 0 N–H and O–H groups in total. The molecule has 8 aromatic rings. The lowest BCUT2D eigenvalue weighted by Gasteiger charge is -2.34. The number of aryl methyl sites for hydroxylation is 2. The average Bonchev–Trinajstić information content (AvgIpc) is 3.46. The summed E-state index contributed by atoms with van der Waals surface area (Å²) in [6, 6.07) is 53.9. The number of hydrogen-bond acceptors (Lipinski definition) is 3. The van der Waals surface area contributed by atoms with E-state index in [-0.39, 0.29) is 6.71 Å². The molecular weight excluding hydrogens is 599 g/mol. The standard InChI is InChI=1S/C44H31BN2O2/c1-28-24-29(2)44-42-43(28)48-40-21-13-12-20-36(40)45(42)37-27-39-35(26-41(37)49-44)34-23-22-33(25-38(34)47(39)32-18-10-5-11-19-32)46(30-14-6-3-7-15-30)31-16-8-4-9-17-31/h3-27H,1-2H3. The van der Waals surface area contributed by atoms with E-state index in [9.17, 15) is 0 Å². The molecule has 0 fully saturated rings. The lowest BCUT2D eigenvalue weighted by molar-refractivity contribution is 0.460. The Morgan fingerprint density at radius 2 is 1.08 bits per heavy atom. The van der Waals surface area contributed by atoms with Gasteiger partial charge in [-0.05, 0) is 109 Å². The minimum absolute atomic E-state index is 0.00820. The van der Waals surface area contributed by atoms with Gasteiger partial charge in [0, 0.05) is 39.0 Å². The van der Waals surface area contributed by atoms with Crippen LogP contribution in [-0.4, -0.2) is 11.3 Å². The highest BCUT2D eigenvalue weighted by atomic mass is 16.5. The highest BCUT2D eigenvalue weighted by Crippen LogP contribution is 2.43. The molecule has 10 rings (SSSR count). The minimum atomic E-state index is -0.00820. The topological polar surface area (TPSA) is 26.6 Å². The van der Waals surface area contributed by atoms with E-state index in [1.54, 1.807) is 0 Å². The predicted molar refractivity (Wildman–Crippen MR) is 203 cm³/mol. The second-order valence-corrected chi connectivity index (χ2v) is 13.0. The molecule has 0 radical (unpaired) electrons. The lowest BCUT2D eigenvalue weighted by atomic mass is 9.34. The first kappa shape index (κ1) is 27.9. The molecule has 232 valence electrons. The molecule has 3 heterocycles. The maximum atomic E-state index is 6.88. The van der Waals surface area contributed by atoms with Crippen molar-refractivity contribution < 1.29 is 9.47 Å². The van der Waals surface area contributed by atoms with Gasteiger partial charge >= 0.3 is 0 Å². The molecule has 0 amide bonds. The summed E-state index contributed by atoms with van der Waals surface area (Å²) in [4.78, 5) is 2.32. The van der Waals surface area contributed by atoms with Gasteiger partial charge in [-0.3, -0.25) is 0 Å². The van der Waals surface area contributed by atoms with Crippen molar-refractivity contribution in [2.24, 2.45) is 0 Å². The molecule has 0 atom stereocenters. The zero-order valence-electron chi connectivity index (χ0n) is 27.2. The van der Waals surface area contributed by atoms with Gasteiger partial charge in [0.2, 0.25) is 0 Å². The number of anilines is 3. The molecule has 0 spiro atoms. The van der Waals surface area contributed by atoms with Crippen LogP contribution in [0, 0.1) is 13.8 Å². The number of fused-ring (bicyclic) bond motifs is 7. The molecule has 49 heavy (non-hydrogen) atoms. The van der Waals surface area contributed by atoms with Gasteiger partial charge < -0.3 is 18.9 Å². The summed E-state index contributed by atoms with van der Waals surface area (Å²) in [5, 5.41) is 2.33. The number of hydrogen-bond donors (Lipinski definition) is 0. The molecule has 2 aliphatic heterocycles. The molecule has 1 aromatic heterocycles. The Morgan fingerprint density at radius 3 is 1.78 bits per heavy atom. The Hall–Kier alpha value is -6.20. The quantitative estimate of drug-likeness (QED) is 0.181. The largest absolute Gasteiger partial charge is 0.458 e. The second-order valence-electron chi connectivity index (χ2n) is 13.0. The highest BCUT2D eigenvalue weighted by Gasteiger charge is 2.42. The number of ether oxygens (including phenoxy) is 2. The van der Waals surface area contributed by atoms with Crippen LogP contribution in [0.15, 0.2) is 152 Å². The van der Waals surface area contributed by atoms with Crippen LogP contribution in [0.2, 0.25) is 0 Å². The maximum absolute atomic E-state index is 6.88. The SMILES string of the molecule is Cc1cc(C)c2c3c1Oc1ccccc1B3c1cc3c(cc1O2)c1ccc(N(c2ccccc2)c2ccccc2)cc1n3-c1ccccc1. The van der Waals surface area contributed by atoms with Gasteiger partial charge in [0.05, 0.1) is 11.0 Å². The molecule has 5 heteroatoms. The Labute approximate surface area is 285 Å². The van der Waals surface area contributed by atoms with Crippen molar-refractivity contribution in [2.45, 2.75) is 13.8 Å². The van der Waals surface area contributed by atoms with Gasteiger partial charge in [-0.2, -0.15) is 0 Å². The molecule has 0 unspecified atom stereocenters. The van der Waals surface area contributed by atoms with Crippen molar-refractivity contribution >= 4 is 62.0 Å². The fraction of sp³-hybridized carbons (Fsp3) is 0.0455. The molecule has 0 bridgehead atoms. The van der Waals surface area contributed by atoms with E-state index >= 15 is 0 Å². The van der Waals surface area contributed by atoms with E-state index in [2.05, 4.69) is 175 Å². The van der Waals surface area contributed by atoms with Crippen LogP contribution in [0.5, 0.6) is 23.0 Å². The average molecular weight is 631 g/mol. The van der Waals surface area contributed by atoms with E-state index in [1.807, 2.05) is 0 Å². The van der Waals surface area contributed by atoms with E-state index in [0.717, 1.165) is 89.7 Å². The molecule has 0 saturated carbocycles. The van der Waals surface area contributed by atoms with Crippen LogP contribution >= 0.6 is 0 Å². The maximum Gasteiger partial charge on any atom is 0.260 e. The summed E-state index contributed by atoms with van der Waals surface area (Å²) in [7, 11) is 0. The first-order valence-corrected chi connectivity index (χ1v) is 16.8. The summed E-state index contributed by atoms with van der Waals surface area (Å²) >= 11 is 0. The summed E-state index contributed by atoms with van der Waals surface area (Å²) in [6.07, 6.45) is 0. The molecule has 0 aliphatic carbocycles. The van der Waals surface area contributed by atoms with Crippen molar-refractivity contribution in [2.75, 3.05) is 4.90 Å². The molecule has 0 saturated heterocycles. The van der Waals surface area contributed by atoms with Crippen molar-refractivity contribution in [1.29, 1.82) is 0 Å². The predicted octanol–water partition coefficient (Wildman–Crippen LogP) is 9.60. The fourth-order valence-electron chi connectivity index (χ4n) is 7.98. The van der Waals surface area contributed by atoms with E-state index in [0.29, 0.717) is 0 Å². The normalized spacial score (nSPS) is 12.6. The third-order valence-electron chi connectivity index (χ3n) is 10.1.